The second-order valence-corrected chi connectivity index (χ2v) is 19.0. The lowest BCUT2D eigenvalue weighted by Crippen LogP contribution is -2.50. The van der Waals surface area contributed by atoms with E-state index in [-0.39, 0.29) is 0 Å². The van der Waals surface area contributed by atoms with Crippen LogP contribution in [0.3, 0.4) is 0 Å². The molecule has 4 rings (SSSR count). The van der Waals surface area contributed by atoms with Gasteiger partial charge in [0.05, 0.1) is 0 Å². The molecule has 0 nitrogen and oxygen atoms in total. The van der Waals surface area contributed by atoms with Crippen molar-refractivity contribution in [2.45, 2.75) is 228 Å². The van der Waals surface area contributed by atoms with Crippen LogP contribution in [0, 0.1) is 58.7 Å². The summed E-state index contributed by atoms with van der Waals surface area (Å²) >= 11 is 0. The van der Waals surface area contributed by atoms with Crippen molar-refractivity contribution < 1.29 is 0 Å². The SMILES string of the molecule is CCCCCCCCCCC[CH]CCCCCCCCC1CC[C@@]2(C)C(=CCC3C2CC[C@@]2(C)C3CC[C@@H]2[C@H](C)CCCC(C)C)C1. The molecule has 0 amide bonds. The lowest BCUT2D eigenvalue weighted by molar-refractivity contribution is -0.0529. The van der Waals surface area contributed by atoms with E-state index in [2.05, 4.69) is 54.0 Å². The summed E-state index contributed by atoms with van der Waals surface area (Å²) < 4.78 is 0. The lowest BCUT2D eigenvalue weighted by atomic mass is 9.46. The molecule has 0 heterocycles. The highest BCUT2D eigenvalue weighted by atomic mass is 14.6. The van der Waals surface area contributed by atoms with Gasteiger partial charge in [0.1, 0.15) is 0 Å². The van der Waals surface area contributed by atoms with E-state index in [9.17, 15) is 0 Å². The van der Waals surface area contributed by atoms with Crippen LogP contribution in [0.4, 0.5) is 0 Å². The van der Waals surface area contributed by atoms with Gasteiger partial charge in [0.2, 0.25) is 0 Å². The standard InChI is InChI=1S/C47H85/c1-7-8-9-10-11-12-13-14-15-16-17-18-19-20-21-22-23-24-28-40-33-35-46(5)41(37-40)29-30-42-44-32-31-43(39(4)27-25-26-38(2)3)47(44,6)36-34-45(42)46/h17,29,38-40,42-45H,7-16,18-28,30-37H2,1-6H3/t39-,40?,42?,43-,44?,45?,46+,47-/m1/s1. The Labute approximate surface area is 297 Å². The van der Waals surface area contributed by atoms with E-state index < -0.39 is 0 Å². The lowest BCUT2D eigenvalue weighted by Gasteiger charge is -2.58. The molecule has 4 unspecified atom stereocenters. The predicted molar refractivity (Wildman–Crippen MR) is 210 cm³/mol. The smallest absolute Gasteiger partial charge is 0.00851 e. The van der Waals surface area contributed by atoms with Crippen molar-refractivity contribution in [3.05, 3.63) is 18.1 Å². The van der Waals surface area contributed by atoms with Crippen molar-refractivity contribution in [3.8, 4) is 0 Å². The predicted octanol–water partition coefficient (Wildman–Crippen LogP) is 15.9. The summed E-state index contributed by atoms with van der Waals surface area (Å²) in [6.07, 6.45) is 47.9. The minimum atomic E-state index is 0.534. The Morgan fingerprint density at radius 3 is 1.98 bits per heavy atom. The van der Waals surface area contributed by atoms with Gasteiger partial charge in [0, 0.05) is 0 Å². The van der Waals surface area contributed by atoms with Crippen LogP contribution in [0.1, 0.15) is 228 Å². The van der Waals surface area contributed by atoms with Gasteiger partial charge >= 0.3 is 0 Å². The molecule has 3 fully saturated rings. The largest absolute Gasteiger partial charge is 0.0845 e. The second kappa shape index (κ2) is 20.6. The van der Waals surface area contributed by atoms with E-state index in [0.717, 1.165) is 41.4 Å². The quantitative estimate of drug-likeness (QED) is 0.0721. The zero-order valence-electron chi connectivity index (χ0n) is 33.2. The molecule has 0 aromatic heterocycles. The third-order valence-corrected chi connectivity index (χ3v) is 15.2. The fourth-order valence-electron chi connectivity index (χ4n) is 12.2. The molecular weight excluding hydrogens is 565 g/mol. The van der Waals surface area contributed by atoms with Gasteiger partial charge in [-0.05, 0) is 110 Å². The first-order valence-corrected chi connectivity index (χ1v) is 22.3. The fraction of sp³-hybridized carbons (Fsp3) is 0.936. The summed E-state index contributed by atoms with van der Waals surface area (Å²) in [7, 11) is 0. The number of fused-ring (bicyclic) bond motifs is 5. The molecular formula is C47H85. The normalized spacial score (nSPS) is 32.6. The maximum absolute atomic E-state index is 2.84. The summed E-state index contributed by atoms with van der Waals surface area (Å²) in [6.45, 7) is 15.3. The zero-order valence-corrected chi connectivity index (χ0v) is 33.2. The van der Waals surface area contributed by atoms with Gasteiger partial charge in [0.25, 0.3) is 0 Å². The Bertz CT molecular complexity index is 865. The monoisotopic (exact) mass is 650 g/mol. The average Bonchev–Trinajstić information content (AvgIpc) is 3.41. The molecule has 0 N–H and O–H groups in total. The molecule has 0 heteroatoms. The molecule has 4 aliphatic carbocycles. The van der Waals surface area contributed by atoms with E-state index in [0.29, 0.717) is 10.8 Å². The number of rotatable bonds is 24. The first kappa shape index (κ1) is 39.5. The molecule has 273 valence electrons. The van der Waals surface area contributed by atoms with Crippen LogP contribution in [0.15, 0.2) is 11.6 Å². The molecule has 0 bridgehead atoms. The van der Waals surface area contributed by atoms with E-state index in [1.165, 1.54) is 186 Å². The third kappa shape index (κ3) is 11.4. The van der Waals surface area contributed by atoms with Crippen LogP contribution in [-0.2, 0) is 0 Å². The highest BCUT2D eigenvalue weighted by molar-refractivity contribution is 5.25. The van der Waals surface area contributed by atoms with Crippen LogP contribution >= 0.6 is 0 Å². The minimum Gasteiger partial charge on any atom is -0.0845 e. The Balaban J connectivity index is 1.05. The molecule has 0 aromatic carbocycles. The third-order valence-electron chi connectivity index (χ3n) is 15.2. The summed E-state index contributed by atoms with van der Waals surface area (Å²) in [4.78, 5) is 0. The van der Waals surface area contributed by atoms with Gasteiger partial charge in [-0.15, -0.1) is 0 Å². The second-order valence-electron chi connectivity index (χ2n) is 19.0. The van der Waals surface area contributed by atoms with Crippen LogP contribution in [0.5, 0.6) is 0 Å². The van der Waals surface area contributed by atoms with Gasteiger partial charge in [-0.25, -0.2) is 0 Å². The number of hydrogen-bond donors (Lipinski definition) is 0. The Morgan fingerprint density at radius 1 is 0.681 bits per heavy atom. The maximum Gasteiger partial charge on any atom is -0.00851 e. The number of hydrogen-bond acceptors (Lipinski definition) is 0. The molecule has 1 radical (unpaired) electrons. The molecule has 8 atom stereocenters. The zero-order chi connectivity index (χ0) is 33.5. The first-order chi connectivity index (χ1) is 22.8. The van der Waals surface area contributed by atoms with Gasteiger partial charge in [-0.2, -0.15) is 0 Å². The fourth-order valence-corrected chi connectivity index (χ4v) is 12.2. The van der Waals surface area contributed by atoms with E-state index in [4.69, 9.17) is 0 Å². The van der Waals surface area contributed by atoms with E-state index in [1.54, 1.807) is 0 Å². The Morgan fingerprint density at radius 2 is 1.32 bits per heavy atom. The number of unbranched alkanes of at least 4 members (excludes halogenated alkanes) is 17. The first-order valence-electron chi connectivity index (χ1n) is 22.3. The Kier molecular flexibility index (Phi) is 17.3. The molecule has 0 aromatic rings. The molecule has 0 aliphatic heterocycles. The molecule has 47 heavy (non-hydrogen) atoms. The minimum absolute atomic E-state index is 0.534. The van der Waals surface area contributed by atoms with Crippen molar-refractivity contribution >= 4 is 0 Å². The summed E-state index contributed by atoms with van der Waals surface area (Å²) in [5.41, 5.74) is 3.09. The number of allylic oxidation sites excluding steroid dienone is 2. The van der Waals surface area contributed by atoms with Crippen molar-refractivity contribution in [2.24, 2.45) is 52.3 Å². The summed E-state index contributed by atoms with van der Waals surface area (Å²) in [5, 5.41) is 0. The van der Waals surface area contributed by atoms with Gasteiger partial charge in [0.15, 0.2) is 0 Å². The van der Waals surface area contributed by atoms with Crippen LogP contribution in [0.2, 0.25) is 0 Å². The summed E-state index contributed by atoms with van der Waals surface area (Å²) in [5.74, 6) is 6.74. The van der Waals surface area contributed by atoms with Crippen molar-refractivity contribution in [1.29, 1.82) is 0 Å². The van der Waals surface area contributed by atoms with Crippen molar-refractivity contribution in [1.82, 2.24) is 0 Å². The Hall–Kier alpha value is -0.260. The maximum atomic E-state index is 2.84. The highest BCUT2D eigenvalue weighted by Gasteiger charge is 2.59. The van der Waals surface area contributed by atoms with Gasteiger partial charge < -0.3 is 0 Å². The van der Waals surface area contributed by atoms with E-state index in [1.807, 2.05) is 5.57 Å². The van der Waals surface area contributed by atoms with E-state index >= 15 is 0 Å². The van der Waals surface area contributed by atoms with Crippen LogP contribution in [-0.4, -0.2) is 0 Å². The van der Waals surface area contributed by atoms with Crippen LogP contribution in [0.25, 0.3) is 0 Å². The topological polar surface area (TPSA) is 0 Å². The van der Waals surface area contributed by atoms with Gasteiger partial charge in [-0.3, -0.25) is 0 Å². The molecule has 3 saturated carbocycles. The highest BCUT2D eigenvalue weighted by Crippen LogP contribution is 2.67. The molecule has 4 aliphatic rings. The van der Waals surface area contributed by atoms with Crippen molar-refractivity contribution in [3.63, 3.8) is 0 Å². The van der Waals surface area contributed by atoms with Crippen molar-refractivity contribution in [2.75, 3.05) is 0 Å². The van der Waals surface area contributed by atoms with Crippen LogP contribution < -0.4 is 0 Å². The average molecular weight is 650 g/mol. The molecule has 0 saturated heterocycles. The molecule has 0 spiro atoms. The summed E-state index contributed by atoms with van der Waals surface area (Å²) in [6, 6.07) is 0. The van der Waals surface area contributed by atoms with Gasteiger partial charge in [-0.1, -0.05) is 188 Å².